The fraction of sp³-hybridized carbons (Fsp3) is 0.364. The third kappa shape index (κ3) is 2.27. The first-order valence-electron chi connectivity index (χ1n) is 4.56. The van der Waals surface area contributed by atoms with Crippen molar-refractivity contribution in [2.45, 2.75) is 26.7 Å². The molecule has 0 bridgehead atoms. The first kappa shape index (κ1) is 9.69. The molecule has 68 valence electrons. The number of nitrogens with zero attached hydrogens (tertiary/aromatic N) is 1. The zero-order valence-electron chi connectivity index (χ0n) is 8.09. The van der Waals surface area contributed by atoms with E-state index in [4.69, 9.17) is 5.41 Å². The van der Waals surface area contributed by atoms with Crippen LogP contribution in [0.5, 0.6) is 0 Å². The summed E-state index contributed by atoms with van der Waals surface area (Å²) < 4.78 is 0. The minimum Gasteiger partial charge on any atom is -0.241 e. The summed E-state index contributed by atoms with van der Waals surface area (Å²) in [6.45, 7) is 4.23. The quantitative estimate of drug-likeness (QED) is 0.683. The number of aryl methyl sites for hydroxylation is 2. The third-order valence-electron chi connectivity index (χ3n) is 2.11. The van der Waals surface area contributed by atoms with Crippen molar-refractivity contribution in [1.82, 2.24) is 0 Å². The Morgan fingerprint density at radius 1 is 1.31 bits per heavy atom. The lowest BCUT2D eigenvalue weighted by Crippen LogP contribution is -1.85. The highest BCUT2D eigenvalue weighted by Crippen LogP contribution is 2.20. The molecule has 0 atom stereocenters. The fourth-order valence-corrected chi connectivity index (χ4v) is 1.31. The number of hydrogen-bond donors (Lipinski definition) is 1. The van der Waals surface area contributed by atoms with E-state index in [0.717, 1.165) is 18.5 Å². The van der Waals surface area contributed by atoms with Gasteiger partial charge in [-0.1, -0.05) is 26.0 Å². The van der Waals surface area contributed by atoms with Crippen LogP contribution in [0.2, 0.25) is 0 Å². The van der Waals surface area contributed by atoms with Gasteiger partial charge in [0.05, 0.1) is 11.7 Å². The normalized spacial score (nSPS) is 9.38. The van der Waals surface area contributed by atoms with Crippen molar-refractivity contribution in [2.24, 2.45) is 4.99 Å². The maximum Gasteiger partial charge on any atom is 0.0918 e. The number of benzene rings is 1. The lowest BCUT2D eigenvalue weighted by Gasteiger charge is -2.03. The van der Waals surface area contributed by atoms with Gasteiger partial charge in [0, 0.05) is 0 Å². The second-order valence-corrected chi connectivity index (χ2v) is 2.89. The molecule has 0 aromatic heterocycles. The molecule has 1 N–H and O–H groups in total. The number of rotatable bonds is 3. The van der Waals surface area contributed by atoms with Crippen LogP contribution in [-0.2, 0) is 12.8 Å². The Morgan fingerprint density at radius 3 is 2.62 bits per heavy atom. The van der Waals surface area contributed by atoms with Crippen molar-refractivity contribution < 1.29 is 0 Å². The molecule has 0 amide bonds. The summed E-state index contributed by atoms with van der Waals surface area (Å²) in [6, 6.07) is 8.23. The van der Waals surface area contributed by atoms with Crippen molar-refractivity contribution in [3.63, 3.8) is 0 Å². The van der Waals surface area contributed by atoms with E-state index in [1.54, 1.807) is 0 Å². The smallest absolute Gasteiger partial charge is 0.0918 e. The van der Waals surface area contributed by atoms with Crippen LogP contribution in [0.3, 0.4) is 0 Å². The molecule has 0 aliphatic carbocycles. The predicted molar refractivity (Wildman–Crippen MR) is 55.0 cm³/mol. The van der Waals surface area contributed by atoms with Crippen molar-refractivity contribution in [2.75, 3.05) is 0 Å². The second-order valence-electron chi connectivity index (χ2n) is 2.89. The van der Waals surface area contributed by atoms with Crippen molar-refractivity contribution in [3.05, 3.63) is 29.3 Å². The highest BCUT2D eigenvalue weighted by molar-refractivity contribution is 5.55. The van der Waals surface area contributed by atoms with Crippen LogP contribution in [0.25, 0.3) is 0 Å². The average molecular weight is 174 g/mol. The Morgan fingerprint density at radius 2 is 2.08 bits per heavy atom. The molecule has 0 spiro atoms. The van der Waals surface area contributed by atoms with Gasteiger partial charge in [0.15, 0.2) is 0 Å². The molecule has 1 rings (SSSR count). The van der Waals surface area contributed by atoms with Crippen molar-refractivity contribution in [3.8, 4) is 0 Å². The zero-order chi connectivity index (χ0) is 9.68. The monoisotopic (exact) mass is 174 g/mol. The van der Waals surface area contributed by atoms with Crippen LogP contribution in [0, 0.1) is 5.41 Å². The summed E-state index contributed by atoms with van der Waals surface area (Å²) in [6.07, 6.45) is 2.00. The lowest BCUT2D eigenvalue weighted by molar-refractivity contribution is 1.08. The molecular formula is C11H14N2. The Labute approximate surface area is 78.8 Å². The van der Waals surface area contributed by atoms with Crippen LogP contribution in [-0.4, -0.2) is 6.01 Å². The van der Waals surface area contributed by atoms with Gasteiger partial charge in [0.2, 0.25) is 0 Å². The van der Waals surface area contributed by atoms with Gasteiger partial charge in [-0.2, -0.15) is 4.99 Å². The molecule has 13 heavy (non-hydrogen) atoms. The van der Waals surface area contributed by atoms with Crippen LogP contribution in [0.15, 0.2) is 23.2 Å². The highest BCUT2D eigenvalue weighted by atomic mass is 14.7. The van der Waals surface area contributed by atoms with E-state index in [1.165, 1.54) is 11.1 Å². The number of hydrogen-bond acceptors (Lipinski definition) is 2. The maximum absolute atomic E-state index is 6.79. The van der Waals surface area contributed by atoms with Gasteiger partial charge in [0.1, 0.15) is 0 Å². The van der Waals surface area contributed by atoms with Crippen LogP contribution in [0.1, 0.15) is 25.0 Å². The molecule has 0 aliphatic rings. The summed E-state index contributed by atoms with van der Waals surface area (Å²) in [5.41, 5.74) is 3.38. The van der Waals surface area contributed by atoms with E-state index in [9.17, 15) is 0 Å². The van der Waals surface area contributed by atoms with Crippen molar-refractivity contribution >= 4 is 11.7 Å². The van der Waals surface area contributed by atoms with Gasteiger partial charge < -0.3 is 0 Å². The van der Waals surface area contributed by atoms with E-state index in [2.05, 4.69) is 37.0 Å². The summed E-state index contributed by atoms with van der Waals surface area (Å²) in [5, 5.41) is 6.79. The number of aliphatic imine (C=N–C) groups is 1. The fourth-order valence-electron chi connectivity index (χ4n) is 1.31. The molecule has 0 radical (unpaired) electrons. The van der Waals surface area contributed by atoms with Crippen LogP contribution >= 0.6 is 0 Å². The lowest BCUT2D eigenvalue weighted by atomic mass is 10.1. The van der Waals surface area contributed by atoms with Gasteiger partial charge in [-0.05, 0) is 30.0 Å². The molecule has 0 heterocycles. The average Bonchev–Trinajstić information content (AvgIpc) is 2.19. The Kier molecular flexibility index (Phi) is 3.41. The highest BCUT2D eigenvalue weighted by Gasteiger charge is 1.99. The van der Waals surface area contributed by atoms with E-state index < -0.39 is 0 Å². The van der Waals surface area contributed by atoms with E-state index in [1.807, 2.05) is 6.07 Å². The summed E-state index contributed by atoms with van der Waals surface area (Å²) in [7, 11) is 0. The topological polar surface area (TPSA) is 36.2 Å². The third-order valence-corrected chi connectivity index (χ3v) is 2.11. The largest absolute Gasteiger partial charge is 0.241 e. The SMILES string of the molecule is CCc1ccc(N=C=N)c(CC)c1. The minimum atomic E-state index is 0.870. The van der Waals surface area contributed by atoms with Crippen LogP contribution in [0.4, 0.5) is 5.69 Å². The van der Waals surface area contributed by atoms with Gasteiger partial charge in [-0.15, -0.1) is 0 Å². The first-order chi connectivity index (χ1) is 6.31. The first-order valence-corrected chi connectivity index (χ1v) is 4.56. The van der Waals surface area contributed by atoms with Crippen molar-refractivity contribution in [1.29, 1.82) is 5.41 Å². The minimum absolute atomic E-state index is 0.870. The summed E-state index contributed by atoms with van der Waals surface area (Å²) >= 11 is 0. The standard InChI is InChI=1S/C11H14N2/c1-3-9-5-6-11(13-8-12)10(4-2)7-9/h5-7,12H,3-4H2,1-2H3. The molecule has 2 nitrogen and oxygen atoms in total. The summed E-state index contributed by atoms with van der Waals surface area (Å²) in [4.78, 5) is 3.87. The Bertz CT molecular complexity index is 336. The molecule has 1 aromatic carbocycles. The molecule has 0 aliphatic heterocycles. The van der Waals surface area contributed by atoms with E-state index in [0.29, 0.717) is 0 Å². The zero-order valence-corrected chi connectivity index (χ0v) is 8.09. The maximum atomic E-state index is 6.79. The van der Waals surface area contributed by atoms with Gasteiger partial charge in [0.25, 0.3) is 0 Å². The van der Waals surface area contributed by atoms with Crippen LogP contribution < -0.4 is 0 Å². The Balaban J connectivity index is 3.15. The predicted octanol–water partition coefficient (Wildman–Crippen LogP) is 3.20. The number of nitrogens with one attached hydrogen (secondary N) is 1. The molecule has 0 fully saturated rings. The molecule has 1 aromatic rings. The van der Waals surface area contributed by atoms with E-state index in [-0.39, 0.29) is 0 Å². The molecule has 0 unspecified atom stereocenters. The van der Waals surface area contributed by atoms with Gasteiger partial charge >= 0.3 is 0 Å². The molecular weight excluding hydrogens is 160 g/mol. The molecule has 2 heteroatoms. The Hall–Kier alpha value is -1.40. The van der Waals surface area contributed by atoms with Gasteiger partial charge in [-0.25, -0.2) is 5.41 Å². The molecule has 0 saturated carbocycles. The van der Waals surface area contributed by atoms with Gasteiger partial charge in [-0.3, -0.25) is 0 Å². The van der Waals surface area contributed by atoms with E-state index >= 15 is 0 Å². The molecule has 0 saturated heterocycles. The second kappa shape index (κ2) is 4.58. The summed E-state index contributed by atoms with van der Waals surface area (Å²) in [5.74, 6) is 0.